The summed E-state index contributed by atoms with van der Waals surface area (Å²) in [4.78, 5) is 11.0. The van der Waals surface area contributed by atoms with Crippen molar-refractivity contribution >= 4 is 12.0 Å². The lowest BCUT2D eigenvalue weighted by atomic mass is 9.98. The highest BCUT2D eigenvalue weighted by atomic mass is 19.4. The number of carboxylic acid groups (broad SMARTS) is 1. The van der Waals surface area contributed by atoms with E-state index in [9.17, 15) is 22.4 Å². The quantitative estimate of drug-likeness (QED) is 0.857. The summed E-state index contributed by atoms with van der Waals surface area (Å²) in [6, 6.07) is 0.850. The number of hydrogen-bond acceptors (Lipinski definition) is 4. The van der Waals surface area contributed by atoms with E-state index >= 15 is 0 Å². The maximum Gasteiger partial charge on any atom is 0.430 e. The molecule has 0 bridgehead atoms. The van der Waals surface area contributed by atoms with Crippen LogP contribution in [0.1, 0.15) is 11.1 Å². The molecule has 1 aromatic carbocycles. The van der Waals surface area contributed by atoms with Crippen LogP contribution in [0.15, 0.2) is 11.6 Å². The Balaban J connectivity index is 2.70. The molecule has 0 radical (unpaired) electrons. The minimum absolute atomic E-state index is 0.0695. The molecule has 1 N–H and O–H groups in total. The van der Waals surface area contributed by atoms with E-state index in [0.29, 0.717) is 0 Å². The van der Waals surface area contributed by atoms with Gasteiger partial charge in [0.15, 0.2) is 11.6 Å². The van der Waals surface area contributed by atoms with Crippen LogP contribution in [0.25, 0.3) is 6.08 Å². The Bertz CT molecular complexity index is 666. The van der Waals surface area contributed by atoms with Gasteiger partial charge in [-0.05, 0) is 12.1 Å². The van der Waals surface area contributed by atoms with Crippen molar-refractivity contribution in [1.82, 2.24) is 0 Å². The van der Waals surface area contributed by atoms with E-state index in [4.69, 9.17) is 19.3 Å². The van der Waals surface area contributed by atoms with Gasteiger partial charge in [0.05, 0.1) is 24.9 Å². The van der Waals surface area contributed by atoms with Crippen LogP contribution in [-0.4, -0.2) is 37.6 Å². The summed E-state index contributed by atoms with van der Waals surface area (Å²) in [5.41, 5.74) is -1.23. The van der Waals surface area contributed by atoms with Crippen molar-refractivity contribution < 1.29 is 41.7 Å². The molecule has 0 saturated heterocycles. The zero-order valence-electron chi connectivity index (χ0n) is 12.0. The van der Waals surface area contributed by atoms with Gasteiger partial charge in [0, 0.05) is 12.7 Å². The number of methoxy groups -OCH3 is 2. The number of hydrogen-bond donors (Lipinski definition) is 1. The van der Waals surface area contributed by atoms with Crippen molar-refractivity contribution in [2.45, 2.75) is 18.9 Å². The lowest BCUT2D eigenvalue weighted by molar-refractivity contribution is -0.187. The van der Waals surface area contributed by atoms with Crippen molar-refractivity contribution in [2.75, 3.05) is 14.2 Å². The summed E-state index contributed by atoms with van der Waals surface area (Å²) in [6.07, 6.45) is -6.88. The van der Waals surface area contributed by atoms with Gasteiger partial charge in [0.25, 0.3) is 0 Å². The molecule has 2 rings (SSSR count). The Morgan fingerprint density at radius 1 is 1.39 bits per heavy atom. The highest BCUT2D eigenvalue weighted by molar-refractivity contribution is 5.95. The normalized spacial score (nSPS) is 17.1. The second-order valence-corrected chi connectivity index (χ2v) is 4.67. The molecule has 1 aliphatic heterocycles. The van der Waals surface area contributed by atoms with E-state index < -0.39 is 29.6 Å². The van der Waals surface area contributed by atoms with E-state index in [2.05, 4.69) is 0 Å². The number of alkyl halides is 3. The molecule has 1 aliphatic rings. The van der Waals surface area contributed by atoms with Crippen molar-refractivity contribution in [3.63, 3.8) is 0 Å². The van der Waals surface area contributed by atoms with Gasteiger partial charge in [-0.15, -0.1) is 0 Å². The van der Waals surface area contributed by atoms with Gasteiger partial charge in [0.1, 0.15) is 5.75 Å². The third-order valence-corrected chi connectivity index (χ3v) is 3.18. The molecule has 5 nitrogen and oxygen atoms in total. The number of benzene rings is 1. The van der Waals surface area contributed by atoms with E-state index in [0.717, 1.165) is 19.3 Å². The fraction of sp³-hybridized carbons (Fsp3) is 0.357. The van der Waals surface area contributed by atoms with E-state index in [1.807, 2.05) is 0 Å². The Morgan fingerprint density at radius 2 is 2.04 bits per heavy atom. The third kappa shape index (κ3) is 3.09. The van der Waals surface area contributed by atoms with Gasteiger partial charge >= 0.3 is 12.1 Å². The first kappa shape index (κ1) is 17.1. The molecule has 0 fully saturated rings. The summed E-state index contributed by atoms with van der Waals surface area (Å²) in [6.45, 7) is -0.274. The minimum Gasteiger partial charge on any atom is -0.493 e. The molecule has 0 aliphatic carbocycles. The number of fused-ring (bicyclic) bond motifs is 1. The third-order valence-electron chi connectivity index (χ3n) is 3.18. The number of ether oxygens (including phenoxy) is 3. The number of carbonyl (C=O) groups is 1. The molecule has 1 unspecified atom stereocenters. The monoisotopic (exact) mass is 336 g/mol. The first-order valence-electron chi connectivity index (χ1n) is 6.27. The van der Waals surface area contributed by atoms with Crippen LogP contribution in [0.3, 0.4) is 0 Å². The minimum atomic E-state index is -4.95. The summed E-state index contributed by atoms with van der Waals surface area (Å²) >= 11 is 0. The zero-order valence-corrected chi connectivity index (χ0v) is 12.0. The van der Waals surface area contributed by atoms with Crippen LogP contribution in [0.5, 0.6) is 11.5 Å². The Kier molecular flexibility index (Phi) is 4.51. The maximum atomic E-state index is 14.0. The molecule has 9 heteroatoms. The molecule has 0 saturated carbocycles. The van der Waals surface area contributed by atoms with Gasteiger partial charge in [-0.2, -0.15) is 13.2 Å². The fourth-order valence-electron chi connectivity index (χ4n) is 2.27. The van der Waals surface area contributed by atoms with Gasteiger partial charge < -0.3 is 19.3 Å². The molecular formula is C14H12F4O5. The molecule has 1 aromatic rings. The molecule has 23 heavy (non-hydrogen) atoms. The second-order valence-electron chi connectivity index (χ2n) is 4.67. The molecule has 126 valence electrons. The van der Waals surface area contributed by atoms with E-state index in [-0.39, 0.29) is 29.2 Å². The largest absolute Gasteiger partial charge is 0.493 e. The molecule has 1 heterocycles. The Labute approximate surface area is 128 Å². The number of carboxylic acids is 1. The maximum absolute atomic E-state index is 14.0. The van der Waals surface area contributed by atoms with Crippen LogP contribution in [0.2, 0.25) is 0 Å². The predicted molar refractivity (Wildman–Crippen MR) is 69.7 cm³/mol. The van der Waals surface area contributed by atoms with Crippen molar-refractivity contribution in [3.05, 3.63) is 28.6 Å². The SMILES string of the molecule is COCc1c(OC)c(F)cc2c1OC(C(F)(F)F)C(C(=O)O)=C2. The molecule has 0 amide bonds. The lowest BCUT2D eigenvalue weighted by Gasteiger charge is -2.29. The highest BCUT2D eigenvalue weighted by Crippen LogP contribution is 2.43. The lowest BCUT2D eigenvalue weighted by Crippen LogP contribution is -2.40. The smallest absolute Gasteiger partial charge is 0.430 e. The van der Waals surface area contributed by atoms with Crippen molar-refractivity contribution in [2.24, 2.45) is 0 Å². The number of aliphatic carboxylic acids is 1. The topological polar surface area (TPSA) is 65.0 Å². The van der Waals surface area contributed by atoms with Crippen molar-refractivity contribution in [1.29, 1.82) is 0 Å². The first-order valence-corrected chi connectivity index (χ1v) is 6.27. The van der Waals surface area contributed by atoms with Gasteiger partial charge in [0.2, 0.25) is 6.10 Å². The highest BCUT2D eigenvalue weighted by Gasteiger charge is 2.49. The fourth-order valence-corrected chi connectivity index (χ4v) is 2.27. The first-order chi connectivity index (χ1) is 10.7. The summed E-state index contributed by atoms with van der Waals surface area (Å²) in [5, 5.41) is 8.95. The molecular weight excluding hydrogens is 324 g/mol. The van der Waals surface area contributed by atoms with E-state index in [1.54, 1.807) is 0 Å². The predicted octanol–water partition coefficient (Wildman–Crippen LogP) is 2.77. The number of rotatable bonds is 4. The van der Waals surface area contributed by atoms with Crippen LogP contribution >= 0.6 is 0 Å². The zero-order chi connectivity index (χ0) is 17.4. The van der Waals surface area contributed by atoms with Crippen molar-refractivity contribution in [3.8, 4) is 11.5 Å². The molecule has 1 atom stereocenters. The van der Waals surface area contributed by atoms with Gasteiger partial charge in [-0.3, -0.25) is 0 Å². The second kappa shape index (κ2) is 6.07. The average molecular weight is 336 g/mol. The standard InChI is InChI=1S/C14H12F4O5/c1-21-5-8-10-6(4-9(15)11(8)22-2)3-7(13(19)20)12(23-10)14(16,17)18/h3-4,12H,5H2,1-2H3,(H,19,20). The Morgan fingerprint density at radius 3 is 2.52 bits per heavy atom. The van der Waals surface area contributed by atoms with E-state index in [1.165, 1.54) is 7.11 Å². The van der Waals surface area contributed by atoms with Crippen LogP contribution in [0.4, 0.5) is 17.6 Å². The summed E-state index contributed by atoms with van der Waals surface area (Å²) in [7, 11) is 2.41. The summed E-state index contributed by atoms with van der Waals surface area (Å²) < 4.78 is 67.7. The van der Waals surface area contributed by atoms with Gasteiger partial charge in [-0.1, -0.05) is 0 Å². The Hall–Kier alpha value is -2.29. The van der Waals surface area contributed by atoms with Gasteiger partial charge in [-0.25, -0.2) is 9.18 Å². The molecule has 0 aromatic heterocycles. The molecule has 0 spiro atoms. The van der Waals surface area contributed by atoms with Crippen LogP contribution < -0.4 is 9.47 Å². The average Bonchev–Trinajstić information content (AvgIpc) is 2.45. The number of halogens is 4. The van der Waals surface area contributed by atoms with Crippen LogP contribution in [-0.2, 0) is 16.1 Å². The van der Waals surface area contributed by atoms with Crippen LogP contribution in [0, 0.1) is 5.82 Å². The summed E-state index contributed by atoms with van der Waals surface area (Å²) in [5.74, 6) is -3.31.